The number of fused-ring (bicyclic) bond motifs is 1. The highest BCUT2D eigenvalue weighted by Crippen LogP contribution is 2.32. The van der Waals surface area contributed by atoms with Crippen LogP contribution >= 0.6 is 11.3 Å². The van der Waals surface area contributed by atoms with E-state index in [-0.39, 0.29) is 11.7 Å². The summed E-state index contributed by atoms with van der Waals surface area (Å²) in [6.07, 6.45) is 0. The van der Waals surface area contributed by atoms with E-state index in [9.17, 15) is 9.59 Å². The summed E-state index contributed by atoms with van der Waals surface area (Å²) in [4.78, 5) is 32.9. The van der Waals surface area contributed by atoms with E-state index in [0.29, 0.717) is 28.4 Å². The van der Waals surface area contributed by atoms with Gasteiger partial charge in [-0.2, -0.15) is 0 Å². The number of para-hydroxylation sites is 1. The van der Waals surface area contributed by atoms with Crippen LogP contribution in [0.1, 0.15) is 37.4 Å². The summed E-state index contributed by atoms with van der Waals surface area (Å²) < 4.78 is 1.05. The average Bonchev–Trinajstić information content (AvgIpc) is 3.33. The topological polar surface area (TPSA) is 50.3 Å². The summed E-state index contributed by atoms with van der Waals surface area (Å²) in [7, 11) is 0. The molecule has 34 heavy (non-hydrogen) atoms. The molecule has 1 amide bonds. The average molecular weight is 463 g/mol. The molecule has 0 atom stereocenters. The van der Waals surface area contributed by atoms with Crippen LogP contribution in [-0.2, 0) is 6.54 Å². The van der Waals surface area contributed by atoms with Crippen molar-refractivity contribution in [2.45, 2.75) is 13.5 Å². The summed E-state index contributed by atoms with van der Waals surface area (Å²) >= 11 is 1.51. The first kappa shape index (κ1) is 21.7. The molecule has 1 aromatic heterocycles. The standard InChI is InChI=1S/C29H22N2O2S/c1-20-9-8-14-25-26(20)30-29(34-25)31(19-21-10-4-2-5-11-21)28(33)24-17-15-23(16-18-24)27(32)22-12-6-3-7-13-22/h2-18H,19H2,1H3. The van der Waals surface area contributed by atoms with Gasteiger partial charge in [-0.3, -0.25) is 14.5 Å². The van der Waals surface area contributed by atoms with Crippen LogP contribution in [0.2, 0.25) is 0 Å². The molecule has 0 aliphatic heterocycles. The molecule has 0 bridgehead atoms. The van der Waals surface area contributed by atoms with Crippen molar-refractivity contribution in [1.82, 2.24) is 4.98 Å². The minimum Gasteiger partial charge on any atom is -0.289 e. The van der Waals surface area contributed by atoms with Gasteiger partial charge in [0.25, 0.3) is 5.91 Å². The number of benzene rings is 4. The van der Waals surface area contributed by atoms with E-state index in [1.807, 2.05) is 73.7 Å². The molecule has 0 saturated carbocycles. The molecule has 5 heteroatoms. The molecule has 0 radical (unpaired) electrons. The van der Waals surface area contributed by atoms with E-state index in [0.717, 1.165) is 21.3 Å². The third kappa shape index (κ3) is 4.38. The zero-order valence-electron chi connectivity index (χ0n) is 18.6. The van der Waals surface area contributed by atoms with Crippen molar-refractivity contribution in [2.24, 2.45) is 0 Å². The van der Waals surface area contributed by atoms with Gasteiger partial charge in [-0.15, -0.1) is 0 Å². The maximum atomic E-state index is 13.7. The maximum Gasteiger partial charge on any atom is 0.260 e. The van der Waals surface area contributed by atoms with Crippen LogP contribution in [0.4, 0.5) is 5.13 Å². The van der Waals surface area contributed by atoms with Gasteiger partial charge in [0.15, 0.2) is 10.9 Å². The molecule has 0 fully saturated rings. The first-order valence-corrected chi connectivity index (χ1v) is 11.8. The van der Waals surface area contributed by atoms with Crippen LogP contribution in [-0.4, -0.2) is 16.7 Å². The largest absolute Gasteiger partial charge is 0.289 e. The lowest BCUT2D eigenvalue weighted by Crippen LogP contribution is -2.30. The Hall–Kier alpha value is -4.09. The zero-order valence-corrected chi connectivity index (χ0v) is 19.5. The molecule has 5 rings (SSSR count). The number of thiazole rings is 1. The number of aryl methyl sites for hydroxylation is 1. The van der Waals surface area contributed by atoms with Gasteiger partial charge in [0.2, 0.25) is 0 Å². The van der Waals surface area contributed by atoms with Crippen LogP contribution in [0.15, 0.2) is 103 Å². The van der Waals surface area contributed by atoms with E-state index in [1.54, 1.807) is 41.3 Å². The quantitative estimate of drug-likeness (QED) is 0.264. The van der Waals surface area contributed by atoms with Crippen LogP contribution in [0.5, 0.6) is 0 Å². The fourth-order valence-corrected chi connectivity index (χ4v) is 4.90. The Labute approximate surface area is 202 Å². The number of rotatable bonds is 6. The van der Waals surface area contributed by atoms with Crippen molar-refractivity contribution in [3.8, 4) is 0 Å². The predicted molar refractivity (Wildman–Crippen MR) is 138 cm³/mol. The molecule has 5 aromatic rings. The molecule has 4 aromatic carbocycles. The summed E-state index contributed by atoms with van der Waals surface area (Å²) in [5, 5.41) is 0.655. The normalized spacial score (nSPS) is 10.9. The van der Waals surface area contributed by atoms with E-state index in [2.05, 4.69) is 0 Å². The lowest BCUT2D eigenvalue weighted by Gasteiger charge is -2.20. The van der Waals surface area contributed by atoms with Gasteiger partial charge in [-0.25, -0.2) is 4.98 Å². The number of carbonyl (C=O) groups excluding carboxylic acids is 2. The molecular formula is C29H22N2O2S. The molecule has 0 N–H and O–H groups in total. The number of aromatic nitrogens is 1. The number of nitrogens with zero attached hydrogens (tertiary/aromatic N) is 2. The number of hydrogen-bond acceptors (Lipinski definition) is 4. The minimum atomic E-state index is -0.153. The Morgan fingerprint density at radius 3 is 2.03 bits per heavy atom. The van der Waals surface area contributed by atoms with E-state index in [1.165, 1.54) is 11.3 Å². The van der Waals surface area contributed by atoms with Gasteiger partial charge >= 0.3 is 0 Å². The molecule has 4 nitrogen and oxygen atoms in total. The second kappa shape index (κ2) is 9.41. The van der Waals surface area contributed by atoms with Gasteiger partial charge in [0.05, 0.1) is 16.8 Å². The SMILES string of the molecule is Cc1cccc2sc(N(Cc3ccccc3)C(=O)c3ccc(C(=O)c4ccccc4)cc3)nc12. The number of amides is 1. The Morgan fingerprint density at radius 2 is 1.35 bits per heavy atom. The van der Waals surface area contributed by atoms with Gasteiger partial charge in [0, 0.05) is 16.7 Å². The van der Waals surface area contributed by atoms with Gasteiger partial charge in [-0.1, -0.05) is 96.3 Å². The van der Waals surface area contributed by atoms with Crippen LogP contribution < -0.4 is 4.90 Å². The summed E-state index contributed by atoms with van der Waals surface area (Å²) in [6, 6.07) is 31.9. The fourth-order valence-electron chi connectivity index (χ4n) is 3.86. The molecule has 0 unspecified atom stereocenters. The molecule has 166 valence electrons. The maximum absolute atomic E-state index is 13.7. The second-order valence-electron chi connectivity index (χ2n) is 8.07. The molecule has 0 aliphatic rings. The van der Waals surface area contributed by atoms with Gasteiger partial charge in [0.1, 0.15) is 0 Å². The van der Waals surface area contributed by atoms with Crippen molar-refractivity contribution in [2.75, 3.05) is 4.90 Å². The monoisotopic (exact) mass is 462 g/mol. The minimum absolute atomic E-state index is 0.0672. The van der Waals surface area contributed by atoms with Gasteiger partial charge < -0.3 is 0 Å². The lowest BCUT2D eigenvalue weighted by molar-refractivity contribution is 0.0982. The number of hydrogen-bond donors (Lipinski definition) is 0. The van der Waals surface area contributed by atoms with Crippen molar-refractivity contribution in [1.29, 1.82) is 0 Å². The fraction of sp³-hybridized carbons (Fsp3) is 0.0690. The first-order chi connectivity index (χ1) is 16.6. The molecule has 0 aliphatic carbocycles. The lowest BCUT2D eigenvalue weighted by atomic mass is 10.0. The Morgan fingerprint density at radius 1 is 0.735 bits per heavy atom. The van der Waals surface area contributed by atoms with Crippen LogP contribution in [0.25, 0.3) is 10.2 Å². The molecular weight excluding hydrogens is 440 g/mol. The van der Waals surface area contributed by atoms with Crippen molar-refractivity contribution in [3.63, 3.8) is 0 Å². The number of ketones is 1. The summed E-state index contributed by atoms with van der Waals surface area (Å²) in [6.45, 7) is 2.43. The number of anilines is 1. The zero-order chi connectivity index (χ0) is 23.5. The smallest absolute Gasteiger partial charge is 0.260 e. The Bertz CT molecular complexity index is 1460. The summed E-state index contributed by atoms with van der Waals surface area (Å²) in [5.41, 5.74) is 4.69. The first-order valence-electron chi connectivity index (χ1n) is 11.0. The highest BCUT2D eigenvalue weighted by Gasteiger charge is 2.22. The van der Waals surface area contributed by atoms with Crippen molar-refractivity contribution < 1.29 is 9.59 Å². The van der Waals surface area contributed by atoms with E-state index >= 15 is 0 Å². The number of carbonyl (C=O) groups is 2. The Kier molecular flexibility index (Phi) is 6.02. The van der Waals surface area contributed by atoms with Crippen LogP contribution in [0, 0.1) is 6.92 Å². The third-order valence-corrected chi connectivity index (χ3v) is 6.74. The highest BCUT2D eigenvalue weighted by molar-refractivity contribution is 7.22. The highest BCUT2D eigenvalue weighted by atomic mass is 32.1. The molecule has 0 spiro atoms. The van der Waals surface area contributed by atoms with Gasteiger partial charge in [-0.05, 0) is 36.2 Å². The van der Waals surface area contributed by atoms with Crippen molar-refractivity contribution >= 4 is 38.4 Å². The van der Waals surface area contributed by atoms with Crippen LogP contribution in [0.3, 0.4) is 0 Å². The molecule has 0 saturated heterocycles. The second-order valence-corrected chi connectivity index (χ2v) is 9.08. The predicted octanol–water partition coefficient (Wildman–Crippen LogP) is 6.68. The molecule has 1 heterocycles. The van der Waals surface area contributed by atoms with Crippen molar-refractivity contribution in [3.05, 3.63) is 131 Å². The Balaban J connectivity index is 1.48. The van der Waals surface area contributed by atoms with E-state index in [4.69, 9.17) is 4.98 Å². The third-order valence-electron chi connectivity index (χ3n) is 5.70. The van der Waals surface area contributed by atoms with E-state index < -0.39 is 0 Å². The summed E-state index contributed by atoms with van der Waals surface area (Å²) in [5.74, 6) is -0.221.